The summed E-state index contributed by atoms with van der Waals surface area (Å²) in [4.78, 5) is 7.26. The first kappa shape index (κ1) is 17.8. The zero-order valence-corrected chi connectivity index (χ0v) is 16.3. The van der Waals surface area contributed by atoms with Gasteiger partial charge in [0, 0.05) is 31.2 Å². The molecule has 0 radical (unpaired) electrons. The summed E-state index contributed by atoms with van der Waals surface area (Å²) in [6, 6.07) is 8.81. The van der Waals surface area contributed by atoms with Crippen molar-refractivity contribution in [3.8, 4) is 0 Å². The summed E-state index contributed by atoms with van der Waals surface area (Å²) in [7, 11) is 1.98. The fourth-order valence-corrected chi connectivity index (χ4v) is 4.43. The van der Waals surface area contributed by atoms with Gasteiger partial charge in [0.2, 0.25) is 0 Å². The number of para-hydroxylation sites is 1. The Bertz CT molecular complexity index is 859. The molecule has 6 nitrogen and oxygen atoms in total. The zero-order valence-electron chi connectivity index (χ0n) is 16.3. The molecule has 1 spiro atoms. The van der Waals surface area contributed by atoms with Crippen LogP contribution in [0.2, 0.25) is 0 Å². The average Bonchev–Trinajstić information content (AvgIpc) is 3.38. The quantitative estimate of drug-likeness (QED) is 0.515. The normalized spacial score (nSPS) is 18.1. The summed E-state index contributed by atoms with van der Waals surface area (Å²) >= 11 is 0. The van der Waals surface area contributed by atoms with Crippen LogP contribution in [0.25, 0.3) is 0 Å². The third-order valence-electron chi connectivity index (χ3n) is 6.00. The molecule has 2 heterocycles. The van der Waals surface area contributed by atoms with Crippen molar-refractivity contribution in [2.24, 2.45) is 12.0 Å². The molecule has 0 amide bonds. The number of hydrogen-bond donors (Lipinski definition) is 1. The number of rotatable bonds is 4. The van der Waals surface area contributed by atoms with Gasteiger partial charge in [-0.3, -0.25) is 0 Å². The number of nitrogens with one attached hydrogen (secondary N) is 1. The number of anilines is 1. The molecule has 1 aliphatic heterocycles. The van der Waals surface area contributed by atoms with Crippen molar-refractivity contribution in [1.82, 2.24) is 20.1 Å². The van der Waals surface area contributed by atoms with E-state index in [0.717, 1.165) is 24.2 Å². The number of nitrogens with zero attached hydrogens (tertiary/aromatic N) is 5. The minimum Gasteiger partial charge on any atom is -0.352 e. The predicted molar refractivity (Wildman–Crippen MR) is 109 cm³/mol. The van der Waals surface area contributed by atoms with Gasteiger partial charge >= 0.3 is 0 Å². The Morgan fingerprint density at radius 3 is 2.78 bits per heavy atom. The minimum atomic E-state index is 0.272. The molecule has 6 heteroatoms. The molecule has 0 bridgehead atoms. The third kappa shape index (κ3) is 3.13. The summed E-state index contributed by atoms with van der Waals surface area (Å²) < 4.78 is 1.99. The molecule has 1 fully saturated rings. The maximum Gasteiger partial charge on any atom is 0.199 e. The Balaban J connectivity index is 1.67. The molecule has 1 aromatic carbocycles. The van der Waals surface area contributed by atoms with Crippen LogP contribution in [0.3, 0.4) is 0 Å². The monoisotopic (exact) mass is 364 g/mol. The second-order valence-electron chi connectivity index (χ2n) is 7.62. The second kappa shape index (κ2) is 7.18. The van der Waals surface area contributed by atoms with Crippen LogP contribution in [0.4, 0.5) is 5.69 Å². The molecular weight excluding hydrogens is 336 g/mol. The van der Waals surface area contributed by atoms with Crippen LogP contribution >= 0.6 is 0 Å². The lowest BCUT2D eigenvalue weighted by molar-refractivity contribution is 0.478. The van der Waals surface area contributed by atoms with Gasteiger partial charge < -0.3 is 14.8 Å². The molecule has 1 N–H and O–H groups in total. The average molecular weight is 364 g/mol. The van der Waals surface area contributed by atoms with Gasteiger partial charge in [-0.05, 0) is 31.4 Å². The van der Waals surface area contributed by atoms with E-state index in [-0.39, 0.29) is 5.41 Å². The molecule has 0 unspecified atom stereocenters. The van der Waals surface area contributed by atoms with E-state index in [4.69, 9.17) is 4.99 Å². The van der Waals surface area contributed by atoms with Crippen LogP contribution in [-0.4, -0.2) is 33.8 Å². The number of benzene rings is 1. The third-order valence-corrected chi connectivity index (χ3v) is 6.00. The summed E-state index contributed by atoms with van der Waals surface area (Å²) in [6.45, 7) is 7.98. The topological polar surface area (TPSA) is 58.3 Å². The van der Waals surface area contributed by atoms with Crippen molar-refractivity contribution in [3.63, 3.8) is 0 Å². The molecule has 1 aliphatic carbocycles. The van der Waals surface area contributed by atoms with Gasteiger partial charge in [0.25, 0.3) is 0 Å². The van der Waals surface area contributed by atoms with Gasteiger partial charge in [0.1, 0.15) is 12.4 Å². The maximum absolute atomic E-state index is 4.90. The lowest BCUT2D eigenvalue weighted by Crippen LogP contribution is -2.43. The van der Waals surface area contributed by atoms with E-state index < -0.39 is 0 Å². The van der Waals surface area contributed by atoms with Crippen LogP contribution in [0.5, 0.6) is 0 Å². The van der Waals surface area contributed by atoms with Crippen molar-refractivity contribution in [2.75, 3.05) is 18.0 Å². The number of hydrogen-bond acceptors (Lipinski definition) is 3. The van der Waals surface area contributed by atoms with Gasteiger partial charge in [-0.25, -0.2) is 4.99 Å². The number of fused-ring (bicyclic) bond motifs is 2. The highest BCUT2D eigenvalue weighted by atomic mass is 15.3. The number of aryl methyl sites for hydroxylation is 1. The molecule has 0 saturated heterocycles. The largest absolute Gasteiger partial charge is 0.352 e. The second-order valence-corrected chi connectivity index (χ2v) is 7.62. The van der Waals surface area contributed by atoms with E-state index in [9.17, 15) is 0 Å². The van der Waals surface area contributed by atoms with Crippen molar-refractivity contribution >= 4 is 11.6 Å². The Morgan fingerprint density at radius 2 is 2.07 bits per heavy atom. The molecule has 1 aromatic heterocycles. The van der Waals surface area contributed by atoms with Crippen molar-refractivity contribution in [1.29, 1.82) is 0 Å². The molecule has 2 aliphatic rings. The Hall–Kier alpha value is -2.63. The highest BCUT2D eigenvalue weighted by Crippen LogP contribution is 2.50. The number of guanidine groups is 1. The highest BCUT2D eigenvalue weighted by Gasteiger charge is 2.45. The standard InChI is InChI=1S/C21H28N6/c1-4-13-22-20(23-14-19-25-24-16(2)26(19)3)27-15-21(11-7-8-12-21)17-9-5-6-10-18(17)27/h4-6,9-10H,1,7-8,11-15H2,2-3H3,(H,22,23). The van der Waals surface area contributed by atoms with Crippen molar-refractivity contribution < 1.29 is 0 Å². The van der Waals surface area contributed by atoms with Gasteiger partial charge in [0.05, 0.1) is 0 Å². The van der Waals surface area contributed by atoms with Crippen LogP contribution in [-0.2, 0) is 19.0 Å². The Labute approximate surface area is 161 Å². The van der Waals surface area contributed by atoms with Gasteiger partial charge in [-0.2, -0.15) is 0 Å². The summed E-state index contributed by atoms with van der Waals surface area (Å²) in [5.41, 5.74) is 3.03. The number of aromatic nitrogens is 3. The van der Waals surface area contributed by atoms with Crippen LogP contribution in [0.15, 0.2) is 41.9 Å². The van der Waals surface area contributed by atoms with Crippen LogP contribution < -0.4 is 10.2 Å². The molecular formula is C21H28N6. The first-order chi connectivity index (χ1) is 13.1. The SMILES string of the molecule is C=CCNC(=NCc1nnc(C)n1C)N1CC2(CCCC2)c2ccccc21. The van der Waals surface area contributed by atoms with Crippen LogP contribution in [0, 0.1) is 6.92 Å². The smallest absolute Gasteiger partial charge is 0.199 e. The lowest BCUT2D eigenvalue weighted by Gasteiger charge is -2.26. The fraction of sp³-hybridized carbons (Fsp3) is 0.476. The molecule has 4 rings (SSSR count). The van der Waals surface area contributed by atoms with E-state index in [0.29, 0.717) is 13.1 Å². The van der Waals surface area contributed by atoms with E-state index in [2.05, 4.69) is 51.3 Å². The molecule has 142 valence electrons. The van der Waals surface area contributed by atoms with E-state index in [1.54, 1.807) is 0 Å². The Kier molecular flexibility index (Phi) is 4.72. The van der Waals surface area contributed by atoms with Gasteiger partial charge in [0.15, 0.2) is 11.8 Å². The summed E-state index contributed by atoms with van der Waals surface area (Å²) in [5, 5.41) is 11.8. The van der Waals surface area contributed by atoms with Gasteiger partial charge in [-0.1, -0.05) is 37.1 Å². The first-order valence-corrected chi connectivity index (χ1v) is 9.76. The fourth-order valence-electron chi connectivity index (χ4n) is 4.43. The zero-order chi connectivity index (χ0) is 18.9. The summed E-state index contributed by atoms with van der Waals surface area (Å²) in [6.07, 6.45) is 7.02. The minimum absolute atomic E-state index is 0.272. The van der Waals surface area contributed by atoms with E-state index in [1.807, 2.05) is 24.6 Å². The van der Waals surface area contributed by atoms with Crippen molar-refractivity contribution in [2.45, 2.75) is 44.6 Å². The lowest BCUT2D eigenvalue weighted by atomic mass is 9.81. The van der Waals surface area contributed by atoms with E-state index >= 15 is 0 Å². The van der Waals surface area contributed by atoms with Gasteiger partial charge in [-0.15, -0.1) is 16.8 Å². The van der Waals surface area contributed by atoms with Crippen molar-refractivity contribution in [3.05, 3.63) is 54.1 Å². The summed E-state index contributed by atoms with van der Waals surface area (Å²) in [5.74, 6) is 2.66. The maximum atomic E-state index is 4.90. The highest BCUT2D eigenvalue weighted by molar-refractivity contribution is 5.98. The van der Waals surface area contributed by atoms with Crippen LogP contribution in [0.1, 0.15) is 42.9 Å². The number of aliphatic imine (C=N–C) groups is 1. The molecule has 27 heavy (non-hydrogen) atoms. The molecule has 1 saturated carbocycles. The Morgan fingerprint density at radius 1 is 1.30 bits per heavy atom. The first-order valence-electron chi connectivity index (χ1n) is 9.76. The molecule has 0 atom stereocenters. The predicted octanol–water partition coefficient (Wildman–Crippen LogP) is 3.09. The van der Waals surface area contributed by atoms with E-state index in [1.165, 1.54) is 36.9 Å². The molecule has 2 aromatic rings.